The van der Waals surface area contributed by atoms with Crippen molar-refractivity contribution in [2.24, 2.45) is 17.8 Å². The van der Waals surface area contributed by atoms with Gasteiger partial charge in [0.2, 0.25) is 17.7 Å². The molecule has 1 N–H and O–H groups in total. The Kier molecular flexibility index (Phi) is 5.74. The lowest BCUT2D eigenvalue weighted by Crippen LogP contribution is -2.48. The van der Waals surface area contributed by atoms with Gasteiger partial charge in [-0.2, -0.15) is 0 Å². The Hall–Kier alpha value is -3.00. The van der Waals surface area contributed by atoms with Gasteiger partial charge in [-0.25, -0.2) is 0 Å². The molecule has 0 unspecified atom stereocenters. The number of nitrogens with zero attached hydrogens (tertiary/aromatic N) is 1. The number of carbonyl (C=O) groups is 3. The van der Waals surface area contributed by atoms with Crippen molar-refractivity contribution in [3.8, 4) is 0 Å². The number of likely N-dealkylation sites (tertiary alicyclic amines) is 1. The molecule has 1 fully saturated rings. The Balaban J connectivity index is 1.41. The van der Waals surface area contributed by atoms with E-state index in [0.717, 1.165) is 25.8 Å². The van der Waals surface area contributed by atoms with Crippen LogP contribution in [0.2, 0.25) is 0 Å². The van der Waals surface area contributed by atoms with Crippen molar-refractivity contribution in [1.82, 2.24) is 4.90 Å². The second-order valence-electron chi connectivity index (χ2n) is 10.5. The summed E-state index contributed by atoms with van der Waals surface area (Å²) in [5, 5.41) is 2.96. The maximum absolute atomic E-state index is 14.1. The summed E-state index contributed by atoms with van der Waals surface area (Å²) in [7, 11) is 0. The summed E-state index contributed by atoms with van der Waals surface area (Å²) >= 11 is 2.21. The van der Waals surface area contributed by atoms with Crippen LogP contribution in [0.3, 0.4) is 0 Å². The third kappa shape index (κ3) is 3.52. The lowest BCUT2D eigenvalue weighted by molar-refractivity contribution is -0.147. The number of nitrogens with one attached hydrogen (secondary N) is 1. The topological polar surface area (TPSA) is 66.5 Å². The standard InChI is InChI=1S/C30H27IN2O3/c1-16(2)15-23(28(34)32-18-13-11-17(31)12-14-18)33-29(35)26-24-19-7-3-4-8-20(19)25(27(26)30(33)36)22-10-6-5-9-21(22)24/h3-14,16,23-27H,15H2,1-2H3,(H,32,34)/t23-,24?,25?,26+,27+/m1/s1. The van der Waals surface area contributed by atoms with Gasteiger partial charge in [0.1, 0.15) is 6.04 Å². The van der Waals surface area contributed by atoms with E-state index in [1.165, 1.54) is 4.90 Å². The first-order chi connectivity index (χ1) is 17.4. The van der Waals surface area contributed by atoms with Gasteiger partial charge in [-0.3, -0.25) is 19.3 Å². The Morgan fingerprint density at radius 2 is 1.25 bits per heavy atom. The fourth-order valence-electron chi connectivity index (χ4n) is 6.54. The average Bonchev–Trinajstić information content (AvgIpc) is 3.14. The fraction of sp³-hybridized carbons (Fsp3) is 0.300. The van der Waals surface area contributed by atoms with Crippen LogP contribution in [-0.4, -0.2) is 28.7 Å². The molecular formula is C30H27IN2O3. The van der Waals surface area contributed by atoms with Crippen LogP contribution in [0, 0.1) is 21.3 Å². The summed E-state index contributed by atoms with van der Waals surface area (Å²) in [6.07, 6.45) is 0.419. The normalized spacial score (nSPS) is 24.4. The van der Waals surface area contributed by atoms with Crippen molar-refractivity contribution in [2.45, 2.75) is 38.1 Å². The second-order valence-corrected chi connectivity index (χ2v) is 11.7. The predicted octanol–water partition coefficient (Wildman–Crippen LogP) is 5.54. The molecule has 0 radical (unpaired) electrons. The minimum atomic E-state index is -0.847. The summed E-state index contributed by atoms with van der Waals surface area (Å²) in [6, 6.07) is 23.1. The van der Waals surface area contributed by atoms with Gasteiger partial charge in [0.15, 0.2) is 0 Å². The van der Waals surface area contributed by atoms with E-state index < -0.39 is 17.9 Å². The summed E-state index contributed by atoms with van der Waals surface area (Å²) in [5.74, 6) is -1.92. The molecule has 0 saturated carbocycles. The number of anilines is 1. The van der Waals surface area contributed by atoms with Crippen LogP contribution < -0.4 is 5.32 Å². The first-order valence-electron chi connectivity index (χ1n) is 12.5. The second kappa shape index (κ2) is 8.83. The van der Waals surface area contributed by atoms with Crippen LogP contribution in [-0.2, 0) is 14.4 Å². The van der Waals surface area contributed by atoms with E-state index in [1.807, 2.05) is 62.4 Å². The third-order valence-corrected chi connectivity index (χ3v) is 8.62. The Bertz CT molecular complexity index is 1270. The maximum atomic E-state index is 14.1. The van der Waals surface area contributed by atoms with E-state index in [2.05, 4.69) is 52.2 Å². The predicted molar refractivity (Wildman–Crippen MR) is 146 cm³/mol. The first kappa shape index (κ1) is 23.4. The Morgan fingerprint density at radius 3 is 1.67 bits per heavy atom. The molecule has 5 nitrogen and oxygen atoms in total. The van der Waals surface area contributed by atoms with Crippen LogP contribution in [0.4, 0.5) is 5.69 Å². The molecule has 1 heterocycles. The molecule has 3 amide bonds. The molecule has 4 aliphatic rings. The van der Waals surface area contributed by atoms with Gasteiger partial charge in [0, 0.05) is 21.1 Å². The molecule has 0 spiro atoms. The van der Waals surface area contributed by atoms with Crippen molar-refractivity contribution in [2.75, 3.05) is 5.32 Å². The number of rotatable bonds is 5. The first-order valence-corrected chi connectivity index (χ1v) is 13.6. The molecule has 6 heteroatoms. The highest BCUT2D eigenvalue weighted by Crippen LogP contribution is 2.61. The van der Waals surface area contributed by atoms with E-state index in [-0.39, 0.29) is 35.5 Å². The van der Waals surface area contributed by atoms with Gasteiger partial charge < -0.3 is 5.32 Å². The van der Waals surface area contributed by atoms with Crippen molar-refractivity contribution < 1.29 is 14.4 Å². The monoisotopic (exact) mass is 590 g/mol. The number of imide groups is 1. The summed E-state index contributed by atoms with van der Waals surface area (Å²) < 4.78 is 1.06. The lowest BCUT2D eigenvalue weighted by atomic mass is 9.55. The molecule has 36 heavy (non-hydrogen) atoms. The van der Waals surface area contributed by atoms with Gasteiger partial charge in [-0.15, -0.1) is 0 Å². The van der Waals surface area contributed by atoms with Crippen molar-refractivity contribution in [3.63, 3.8) is 0 Å². The zero-order valence-corrected chi connectivity index (χ0v) is 22.3. The molecule has 3 aromatic carbocycles. The van der Waals surface area contributed by atoms with Gasteiger partial charge in [-0.05, 0) is 81.4 Å². The van der Waals surface area contributed by atoms with Crippen molar-refractivity contribution in [3.05, 3.63) is 98.6 Å². The molecule has 1 aliphatic heterocycles. The van der Waals surface area contributed by atoms with Crippen LogP contribution in [0.5, 0.6) is 0 Å². The van der Waals surface area contributed by atoms with Gasteiger partial charge in [0.05, 0.1) is 11.8 Å². The number of amides is 3. The lowest BCUT2D eigenvalue weighted by Gasteiger charge is -2.45. The van der Waals surface area contributed by atoms with Crippen LogP contribution in [0.1, 0.15) is 54.4 Å². The van der Waals surface area contributed by atoms with E-state index in [0.29, 0.717) is 12.1 Å². The Morgan fingerprint density at radius 1 is 0.806 bits per heavy atom. The van der Waals surface area contributed by atoms with E-state index >= 15 is 0 Å². The van der Waals surface area contributed by atoms with E-state index in [4.69, 9.17) is 0 Å². The highest BCUT2D eigenvalue weighted by atomic mass is 127. The number of hydrogen-bond acceptors (Lipinski definition) is 3. The van der Waals surface area contributed by atoms with Crippen LogP contribution >= 0.6 is 22.6 Å². The molecular weight excluding hydrogens is 563 g/mol. The quantitative estimate of drug-likeness (QED) is 0.314. The number of hydrogen-bond donors (Lipinski definition) is 1. The average molecular weight is 590 g/mol. The molecule has 2 bridgehead atoms. The van der Waals surface area contributed by atoms with Gasteiger partial charge >= 0.3 is 0 Å². The zero-order chi connectivity index (χ0) is 25.1. The fourth-order valence-corrected chi connectivity index (χ4v) is 6.90. The van der Waals surface area contributed by atoms with E-state index in [1.54, 1.807) is 0 Å². The van der Waals surface area contributed by atoms with Crippen molar-refractivity contribution >= 4 is 46.0 Å². The highest BCUT2D eigenvalue weighted by Gasteiger charge is 2.63. The summed E-state index contributed by atoms with van der Waals surface area (Å²) in [5.41, 5.74) is 5.19. The molecule has 1 saturated heterocycles. The zero-order valence-electron chi connectivity index (χ0n) is 20.1. The minimum Gasteiger partial charge on any atom is -0.324 e. The maximum Gasteiger partial charge on any atom is 0.247 e. The largest absolute Gasteiger partial charge is 0.324 e. The molecule has 3 aliphatic carbocycles. The summed E-state index contributed by atoms with van der Waals surface area (Å²) in [6.45, 7) is 4.03. The molecule has 182 valence electrons. The molecule has 0 aromatic heterocycles. The highest BCUT2D eigenvalue weighted by molar-refractivity contribution is 14.1. The van der Waals surface area contributed by atoms with Gasteiger partial charge in [-0.1, -0.05) is 62.4 Å². The van der Waals surface area contributed by atoms with Crippen LogP contribution in [0.15, 0.2) is 72.8 Å². The molecule has 7 rings (SSSR count). The number of carbonyl (C=O) groups excluding carboxylic acids is 3. The smallest absolute Gasteiger partial charge is 0.247 e. The number of halogens is 1. The van der Waals surface area contributed by atoms with E-state index in [9.17, 15) is 14.4 Å². The minimum absolute atomic E-state index is 0.131. The number of benzene rings is 3. The summed E-state index contributed by atoms with van der Waals surface area (Å²) in [4.78, 5) is 43.1. The Labute approximate surface area is 224 Å². The molecule has 3 atom stereocenters. The van der Waals surface area contributed by atoms with Crippen molar-refractivity contribution in [1.29, 1.82) is 0 Å². The SMILES string of the molecule is CC(C)C[C@H](C(=O)Nc1ccc(I)cc1)N1C(=O)[C@H]2C3c4ccccc4C(c4ccccc43)[C@@H]2C1=O. The molecule has 3 aromatic rings. The van der Waals surface area contributed by atoms with Gasteiger partial charge in [0.25, 0.3) is 0 Å². The van der Waals surface area contributed by atoms with Crippen LogP contribution in [0.25, 0.3) is 0 Å². The third-order valence-electron chi connectivity index (χ3n) is 7.90.